The maximum atomic E-state index is 17.0. The van der Waals surface area contributed by atoms with E-state index < -0.39 is 41.5 Å². The lowest BCUT2D eigenvalue weighted by Crippen LogP contribution is -2.44. The van der Waals surface area contributed by atoms with E-state index in [-0.39, 0.29) is 92.2 Å². The van der Waals surface area contributed by atoms with Gasteiger partial charge in [0.1, 0.15) is 47.2 Å². The molecule has 1 amide bonds. The Hall–Kier alpha value is -4.19. The first-order chi connectivity index (χ1) is 23.5. The third-order valence-electron chi connectivity index (χ3n) is 9.99. The molecule has 2 aromatic carbocycles. The van der Waals surface area contributed by atoms with Gasteiger partial charge in [0, 0.05) is 42.4 Å². The van der Waals surface area contributed by atoms with Gasteiger partial charge in [-0.15, -0.1) is 11.3 Å². The Morgan fingerprint density at radius 1 is 1.31 bits per heavy atom. The first-order valence-electron chi connectivity index (χ1n) is 15.9. The lowest BCUT2D eigenvalue weighted by molar-refractivity contribution is -0.125. The molecule has 3 aliphatic heterocycles. The molecule has 9 nitrogen and oxygen atoms in total. The number of anilines is 2. The number of carbonyl (C=O) groups excluding carboxylic acids is 1. The summed E-state index contributed by atoms with van der Waals surface area (Å²) in [5.74, 6) is -1.81. The molecule has 4 unspecified atom stereocenters. The van der Waals surface area contributed by atoms with Crippen LogP contribution in [0, 0.1) is 23.0 Å². The van der Waals surface area contributed by atoms with Crippen LogP contribution in [0.15, 0.2) is 30.9 Å². The molecule has 15 heteroatoms. The molecule has 0 aliphatic carbocycles. The van der Waals surface area contributed by atoms with Crippen LogP contribution in [0.5, 0.6) is 6.01 Å². The van der Waals surface area contributed by atoms with E-state index in [0.29, 0.717) is 13.0 Å². The summed E-state index contributed by atoms with van der Waals surface area (Å²) in [5.41, 5.74) is 5.27. The Morgan fingerprint density at radius 3 is 2.84 bits per heavy atom. The average molecular weight is 714 g/mol. The number of alkyl halides is 2. The maximum absolute atomic E-state index is 17.0. The Kier molecular flexibility index (Phi) is 8.57. The van der Waals surface area contributed by atoms with Crippen molar-refractivity contribution in [1.29, 1.82) is 5.26 Å². The number of carbonyl (C=O) groups is 1. The molecule has 7 rings (SSSR count). The summed E-state index contributed by atoms with van der Waals surface area (Å²) in [6, 6.07) is 4.87. The van der Waals surface area contributed by atoms with Crippen molar-refractivity contribution >= 4 is 60.7 Å². The van der Waals surface area contributed by atoms with Gasteiger partial charge in [-0.3, -0.25) is 9.69 Å². The largest absolute Gasteiger partial charge is 0.461 e. The van der Waals surface area contributed by atoms with Crippen molar-refractivity contribution in [3.63, 3.8) is 0 Å². The highest BCUT2D eigenvalue weighted by Gasteiger charge is 2.49. The standard InChI is InChI=1S/C34H32ClF4N7O2S/c1-3-25(47)44-14-23(38)24(15-44)46(4-2)32-19-10-21(35)27(18-6-7-22(37)30-26(18)20(12-40)31(41)49-30)28(39)29(19)42-33(43-32)48-16-34-8-5-9-45(34)13-17(36)11-34/h3,6-7,10,17,23-24H,1,4-5,8-9,11,13-16,41H2,2H3. The summed E-state index contributed by atoms with van der Waals surface area (Å²) in [5, 5.41) is 10.1. The van der Waals surface area contributed by atoms with Gasteiger partial charge < -0.3 is 20.3 Å². The van der Waals surface area contributed by atoms with Gasteiger partial charge >= 0.3 is 6.01 Å². The van der Waals surface area contributed by atoms with E-state index >= 15 is 8.78 Å². The van der Waals surface area contributed by atoms with Crippen molar-refractivity contribution in [2.24, 2.45) is 0 Å². The number of nitrogen functional groups attached to an aromatic ring is 1. The predicted molar refractivity (Wildman–Crippen MR) is 181 cm³/mol. The normalized spacial score (nSPS) is 23.7. The Labute approximate surface area is 288 Å². The molecule has 4 aromatic rings. The van der Waals surface area contributed by atoms with Gasteiger partial charge in [0.15, 0.2) is 5.82 Å². The quantitative estimate of drug-likeness (QED) is 0.165. The lowest BCUT2D eigenvalue weighted by atomic mass is 9.95. The van der Waals surface area contributed by atoms with E-state index in [2.05, 4.69) is 21.4 Å². The predicted octanol–water partition coefficient (Wildman–Crippen LogP) is 6.41. The zero-order valence-corrected chi connectivity index (χ0v) is 28.1. The third-order valence-corrected chi connectivity index (χ3v) is 11.3. The molecule has 49 heavy (non-hydrogen) atoms. The fourth-order valence-electron chi connectivity index (χ4n) is 7.74. The van der Waals surface area contributed by atoms with Crippen LogP contribution in [0.3, 0.4) is 0 Å². The number of hydrogen-bond acceptors (Lipinski definition) is 9. The zero-order valence-electron chi connectivity index (χ0n) is 26.5. The average Bonchev–Trinajstić information content (AvgIpc) is 3.82. The van der Waals surface area contributed by atoms with Gasteiger partial charge in [0.25, 0.3) is 0 Å². The second-order valence-electron chi connectivity index (χ2n) is 12.7. The second kappa shape index (κ2) is 12.6. The maximum Gasteiger partial charge on any atom is 0.319 e. The van der Waals surface area contributed by atoms with Gasteiger partial charge in [-0.05, 0) is 50.1 Å². The number of nitrogens with two attached hydrogens (primary N) is 1. The Balaban J connectivity index is 1.40. The highest BCUT2D eigenvalue weighted by molar-refractivity contribution is 7.23. The monoisotopic (exact) mass is 713 g/mol. The molecule has 0 spiro atoms. The summed E-state index contributed by atoms with van der Waals surface area (Å²) in [6.07, 6.45) is 0.529. The van der Waals surface area contributed by atoms with E-state index in [9.17, 15) is 18.8 Å². The number of ether oxygens (including phenoxy) is 1. The van der Waals surface area contributed by atoms with Crippen LogP contribution in [-0.4, -0.2) is 88.9 Å². The summed E-state index contributed by atoms with van der Waals surface area (Å²) >= 11 is 7.68. The Bertz CT molecular complexity index is 2060. The molecule has 3 saturated heterocycles. The summed E-state index contributed by atoms with van der Waals surface area (Å²) in [6.45, 7) is 6.46. The first kappa shape index (κ1) is 33.3. The summed E-state index contributed by atoms with van der Waals surface area (Å²) in [4.78, 5) is 26.6. The minimum atomic E-state index is -1.47. The number of benzene rings is 2. The molecular formula is C34H32ClF4N7O2S. The van der Waals surface area contributed by atoms with Crippen molar-refractivity contribution in [3.8, 4) is 23.2 Å². The van der Waals surface area contributed by atoms with Gasteiger partial charge in [-0.25, -0.2) is 17.6 Å². The third kappa shape index (κ3) is 5.43. The van der Waals surface area contributed by atoms with Gasteiger partial charge in [0.05, 0.1) is 33.4 Å². The molecule has 256 valence electrons. The first-order valence-corrected chi connectivity index (χ1v) is 17.1. The van der Waals surface area contributed by atoms with Crippen LogP contribution in [-0.2, 0) is 4.79 Å². The molecule has 5 heterocycles. The number of likely N-dealkylation sites (tertiary alicyclic amines) is 1. The lowest BCUT2D eigenvalue weighted by Gasteiger charge is -2.32. The molecule has 0 radical (unpaired) electrons. The van der Waals surface area contributed by atoms with Crippen molar-refractivity contribution in [1.82, 2.24) is 19.8 Å². The van der Waals surface area contributed by atoms with Gasteiger partial charge in [-0.2, -0.15) is 15.2 Å². The topological polar surface area (TPSA) is 112 Å². The van der Waals surface area contributed by atoms with Gasteiger partial charge in [0.2, 0.25) is 5.91 Å². The molecule has 0 bridgehead atoms. The SMILES string of the molecule is C=CC(=O)N1CC(F)C(N(CC)c2nc(OCC34CCCN3CC(F)C4)nc3c(F)c(-c4ccc(F)c5sc(N)c(C#N)c45)c(Cl)cc23)C1. The number of nitriles is 1. The fraction of sp³-hybridized carbons (Fsp3) is 0.412. The molecule has 3 fully saturated rings. The van der Waals surface area contributed by atoms with Gasteiger partial charge in [-0.1, -0.05) is 24.2 Å². The van der Waals surface area contributed by atoms with Crippen molar-refractivity contribution in [3.05, 3.63) is 53.1 Å². The molecular weight excluding hydrogens is 682 g/mol. The molecule has 4 atom stereocenters. The van der Waals surface area contributed by atoms with Crippen LogP contribution in [0.25, 0.3) is 32.1 Å². The smallest absolute Gasteiger partial charge is 0.319 e. The molecule has 2 N–H and O–H groups in total. The fourth-order valence-corrected chi connectivity index (χ4v) is 8.98. The number of thiophene rings is 1. The van der Waals surface area contributed by atoms with Crippen molar-refractivity contribution in [2.75, 3.05) is 50.0 Å². The van der Waals surface area contributed by atoms with E-state index in [1.807, 2.05) is 6.07 Å². The van der Waals surface area contributed by atoms with Crippen molar-refractivity contribution < 1.29 is 27.1 Å². The van der Waals surface area contributed by atoms with E-state index in [0.717, 1.165) is 36.4 Å². The minimum absolute atomic E-state index is 0.00780. The number of hydrogen-bond donors (Lipinski definition) is 1. The Morgan fingerprint density at radius 2 is 2.10 bits per heavy atom. The van der Waals surface area contributed by atoms with Crippen LogP contribution in [0.2, 0.25) is 5.02 Å². The number of nitrogens with zero attached hydrogens (tertiary/aromatic N) is 6. The second-order valence-corrected chi connectivity index (χ2v) is 14.2. The molecule has 0 saturated carbocycles. The van der Waals surface area contributed by atoms with Crippen LogP contribution >= 0.6 is 22.9 Å². The van der Waals surface area contributed by atoms with Crippen LogP contribution in [0.1, 0.15) is 31.7 Å². The number of rotatable bonds is 8. The van der Waals surface area contributed by atoms with Crippen LogP contribution < -0.4 is 15.4 Å². The summed E-state index contributed by atoms with van der Waals surface area (Å²) in [7, 11) is 0. The summed E-state index contributed by atoms with van der Waals surface area (Å²) < 4.78 is 68.4. The number of aromatic nitrogens is 2. The van der Waals surface area contributed by atoms with E-state index in [1.165, 1.54) is 17.0 Å². The zero-order chi connectivity index (χ0) is 34.8. The van der Waals surface area contributed by atoms with E-state index in [4.69, 9.17) is 22.1 Å². The highest BCUT2D eigenvalue weighted by atomic mass is 35.5. The van der Waals surface area contributed by atoms with E-state index in [1.54, 1.807) is 11.8 Å². The minimum Gasteiger partial charge on any atom is -0.461 e. The number of fused-ring (bicyclic) bond motifs is 3. The molecule has 2 aromatic heterocycles. The number of amides is 1. The van der Waals surface area contributed by atoms with Crippen LogP contribution in [0.4, 0.5) is 28.4 Å². The number of halogens is 5. The molecule has 3 aliphatic rings. The highest BCUT2D eigenvalue weighted by Crippen LogP contribution is 2.46. The number of likely N-dealkylation sites (N-methyl/N-ethyl adjacent to an activating group) is 1. The van der Waals surface area contributed by atoms with Crippen molar-refractivity contribution in [2.45, 2.75) is 50.1 Å².